The number of aliphatic carboxylic acids is 1. The van der Waals surface area contributed by atoms with Crippen molar-refractivity contribution in [3.8, 4) is 0 Å². The quantitative estimate of drug-likeness (QED) is 0.641. The van der Waals surface area contributed by atoms with Crippen LogP contribution in [-0.4, -0.2) is 28.6 Å². The van der Waals surface area contributed by atoms with Crippen molar-refractivity contribution >= 4 is 23.3 Å². The average Bonchev–Trinajstić information content (AvgIpc) is 2.63. The fraction of sp³-hybridized carbons (Fsp3) is 0.545. The molecule has 0 bridgehead atoms. The fourth-order valence-corrected chi connectivity index (χ4v) is 2.24. The summed E-state index contributed by atoms with van der Waals surface area (Å²) in [7, 11) is 0. The van der Waals surface area contributed by atoms with Crippen LogP contribution in [0.25, 0.3) is 0 Å². The molecular formula is C11H15NO4S. The summed E-state index contributed by atoms with van der Waals surface area (Å²) in [5, 5.41) is 11.6. The zero-order chi connectivity index (χ0) is 13.1. The van der Waals surface area contributed by atoms with Crippen LogP contribution in [-0.2, 0) is 20.7 Å². The highest BCUT2D eigenvalue weighted by molar-refractivity contribution is 7.09. The monoisotopic (exact) mass is 257 g/mol. The number of carboxylic acid groups (broad SMARTS) is 1. The fourth-order valence-electron chi connectivity index (χ4n) is 1.31. The van der Waals surface area contributed by atoms with Crippen molar-refractivity contribution in [2.24, 2.45) is 5.41 Å². The second-order valence-corrected chi connectivity index (χ2v) is 4.86. The minimum absolute atomic E-state index is 0.0552. The summed E-state index contributed by atoms with van der Waals surface area (Å²) in [6.45, 7) is 5.00. The van der Waals surface area contributed by atoms with Gasteiger partial charge in [0, 0.05) is 17.5 Å². The van der Waals surface area contributed by atoms with Gasteiger partial charge >= 0.3 is 11.9 Å². The number of aryl methyl sites for hydroxylation is 1. The van der Waals surface area contributed by atoms with Crippen LogP contribution in [0.5, 0.6) is 0 Å². The maximum Gasteiger partial charge on any atom is 0.323 e. The molecule has 0 radical (unpaired) electrons. The third-order valence-corrected chi connectivity index (χ3v) is 3.34. The van der Waals surface area contributed by atoms with E-state index in [0.717, 1.165) is 5.69 Å². The van der Waals surface area contributed by atoms with Gasteiger partial charge in [-0.25, -0.2) is 4.98 Å². The first-order valence-corrected chi connectivity index (χ1v) is 6.09. The Kier molecular flexibility index (Phi) is 4.22. The first kappa shape index (κ1) is 13.6. The minimum Gasteiger partial charge on any atom is -0.480 e. The number of hydrogen-bond donors (Lipinski definition) is 1. The number of carbonyl (C=O) groups is 2. The van der Waals surface area contributed by atoms with Gasteiger partial charge < -0.3 is 9.84 Å². The Labute approximate surface area is 103 Å². The Morgan fingerprint density at radius 2 is 2.24 bits per heavy atom. The van der Waals surface area contributed by atoms with Crippen LogP contribution < -0.4 is 0 Å². The van der Waals surface area contributed by atoms with Crippen molar-refractivity contribution < 1.29 is 19.4 Å². The first-order valence-electron chi connectivity index (χ1n) is 5.21. The average molecular weight is 257 g/mol. The molecule has 0 amide bonds. The second kappa shape index (κ2) is 5.27. The third kappa shape index (κ3) is 3.03. The van der Waals surface area contributed by atoms with E-state index in [1.807, 2.05) is 12.3 Å². The van der Waals surface area contributed by atoms with Crippen LogP contribution in [0.1, 0.15) is 24.5 Å². The minimum atomic E-state index is -1.57. The van der Waals surface area contributed by atoms with Crippen molar-refractivity contribution in [3.63, 3.8) is 0 Å². The smallest absolute Gasteiger partial charge is 0.323 e. The molecule has 94 valence electrons. The van der Waals surface area contributed by atoms with E-state index in [9.17, 15) is 14.7 Å². The molecule has 0 spiro atoms. The van der Waals surface area contributed by atoms with E-state index < -0.39 is 17.4 Å². The van der Waals surface area contributed by atoms with Crippen LogP contribution in [0.15, 0.2) is 5.38 Å². The van der Waals surface area contributed by atoms with E-state index in [1.165, 1.54) is 18.3 Å². The molecule has 1 N–H and O–H groups in total. The maximum absolute atomic E-state index is 11.7. The lowest BCUT2D eigenvalue weighted by atomic mass is 9.87. The van der Waals surface area contributed by atoms with Gasteiger partial charge in [0.15, 0.2) is 5.41 Å². The number of carbonyl (C=O) groups excluding carboxylic acids is 1. The number of esters is 1. The number of ether oxygens (including phenoxy) is 1. The van der Waals surface area contributed by atoms with Crippen molar-refractivity contribution in [2.45, 2.75) is 27.2 Å². The van der Waals surface area contributed by atoms with Gasteiger partial charge in [0.05, 0.1) is 11.6 Å². The molecule has 17 heavy (non-hydrogen) atoms. The molecule has 0 saturated carbocycles. The molecule has 1 aromatic rings. The molecule has 0 fully saturated rings. The predicted molar refractivity (Wildman–Crippen MR) is 62.9 cm³/mol. The van der Waals surface area contributed by atoms with Gasteiger partial charge in [-0.2, -0.15) is 0 Å². The summed E-state index contributed by atoms with van der Waals surface area (Å²) in [6.07, 6.45) is 0.0552. The van der Waals surface area contributed by atoms with E-state index in [0.29, 0.717) is 5.01 Å². The number of hydrogen-bond acceptors (Lipinski definition) is 5. The predicted octanol–water partition coefficient (Wildman–Crippen LogP) is 1.65. The molecule has 0 saturated heterocycles. The summed E-state index contributed by atoms with van der Waals surface area (Å²) in [4.78, 5) is 27.1. The molecule has 5 nitrogen and oxygen atoms in total. The summed E-state index contributed by atoms with van der Waals surface area (Å²) >= 11 is 1.35. The number of rotatable bonds is 5. The molecule has 1 rings (SSSR count). The lowest BCUT2D eigenvalue weighted by Gasteiger charge is -2.21. The van der Waals surface area contributed by atoms with Gasteiger partial charge in [-0.15, -0.1) is 11.3 Å². The van der Waals surface area contributed by atoms with Crippen LogP contribution >= 0.6 is 11.3 Å². The van der Waals surface area contributed by atoms with E-state index in [4.69, 9.17) is 4.74 Å². The number of thiazole rings is 1. The normalized spacial score (nSPS) is 14.1. The Morgan fingerprint density at radius 3 is 2.65 bits per heavy atom. The standard InChI is InChI=1S/C11H15NO4S/c1-4-16-10(15)11(3,9(13)14)5-8-12-7(2)6-17-8/h6H,4-5H2,1-3H3,(H,13,14). The lowest BCUT2D eigenvalue weighted by Crippen LogP contribution is -2.39. The largest absolute Gasteiger partial charge is 0.480 e. The number of aromatic nitrogens is 1. The van der Waals surface area contributed by atoms with E-state index in [1.54, 1.807) is 6.92 Å². The molecule has 0 aromatic carbocycles. The van der Waals surface area contributed by atoms with Crippen molar-refractivity contribution in [1.82, 2.24) is 4.98 Å². The molecule has 0 aliphatic carbocycles. The summed E-state index contributed by atoms with van der Waals surface area (Å²) in [5.74, 6) is -1.91. The van der Waals surface area contributed by atoms with E-state index in [2.05, 4.69) is 4.98 Å². The SMILES string of the molecule is CCOC(=O)C(C)(Cc1nc(C)cs1)C(=O)O. The summed E-state index contributed by atoms with van der Waals surface area (Å²) in [5.41, 5.74) is -0.748. The number of carboxylic acids is 1. The Bertz CT molecular complexity index is 429. The van der Waals surface area contributed by atoms with Gasteiger partial charge in [-0.05, 0) is 20.8 Å². The Morgan fingerprint density at radius 1 is 1.59 bits per heavy atom. The van der Waals surface area contributed by atoms with Gasteiger partial charge in [-0.1, -0.05) is 0 Å². The van der Waals surface area contributed by atoms with Crippen molar-refractivity contribution in [3.05, 3.63) is 16.1 Å². The highest BCUT2D eigenvalue weighted by Gasteiger charge is 2.43. The van der Waals surface area contributed by atoms with Crippen LogP contribution in [0.3, 0.4) is 0 Å². The molecule has 1 heterocycles. The van der Waals surface area contributed by atoms with Gasteiger partial charge in [0.25, 0.3) is 0 Å². The highest BCUT2D eigenvalue weighted by atomic mass is 32.1. The van der Waals surface area contributed by atoms with Crippen molar-refractivity contribution in [1.29, 1.82) is 0 Å². The van der Waals surface area contributed by atoms with E-state index >= 15 is 0 Å². The van der Waals surface area contributed by atoms with Crippen molar-refractivity contribution in [2.75, 3.05) is 6.61 Å². The molecule has 1 atom stereocenters. The topological polar surface area (TPSA) is 76.5 Å². The molecule has 6 heteroatoms. The lowest BCUT2D eigenvalue weighted by molar-refractivity contribution is -0.167. The maximum atomic E-state index is 11.7. The molecule has 0 aliphatic heterocycles. The summed E-state index contributed by atoms with van der Waals surface area (Å²) < 4.78 is 4.80. The molecular weight excluding hydrogens is 242 g/mol. The Hall–Kier alpha value is -1.43. The van der Waals surface area contributed by atoms with Gasteiger partial charge in [0.1, 0.15) is 0 Å². The molecule has 1 unspecified atom stereocenters. The zero-order valence-electron chi connectivity index (χ0n) is 10.0. The van der Waals surface area contributed by atoms with Crippen LogP contribution in [0, 0.1) is 12.3 Å². The molecule has 0 aliphatic rings. The third-order valence-electron chi connectivity index (χ3n) is 2.37. The van der Waals surface area contributed by atoms with Crippen LogP contribution in [0.4, 0.5) is 0 Å². The number of nitrogens with zero attached hydrogens (tertiary/aromatic N) is 1. The summed E-state index contributed by atoms with van der Waals surface area (Å²) in [6, 6.07) is 0. The Balaban J connectivity index is 2.92. The second-order valence-electron chi connectivity index (χ2n) is 3.92. The van der Waals surface area contributed by atoms with E-state index in [-0.39, 0.29) is 13.0 Å². The van der Waals surface area contributed by atoms with Gasteiger partial charge in [-0.3, -0.25) is 9.59 Å². The zero-order valence-corrected chi connectivity index (χ0v) is 10.8. The van der Waals surface area contributed by atoms with Gasteiger partial charge in [0.2, 0.25) is 0 Å². The van der Waals surface area contributed by atoms with Crippen LogP contribution in [0.2, 0.25) is 0 Å². The first-order chi connectivity index (χ1) is 7.90. The molecule has 1 aromatic heterocycles. The highest BCUT2D eigenvalue weighted by Crippen LogP contribution is 2.26.